The molecule has 0 spiro atoms. The van der Waals surface area contributed by atoms with E-state index in [9.17, 15) is 9.59 Å². The highest BCUT2D eigenvalue weighted by atomic mass is 16.6. The van der Waals surface area contributed by atoms with E-state index in [-0.39, 0.29) is 19.7 Å². The van der Waals surface area contributed by atoms with Gasteiger partial charge < -0.3 is 15.8 Å². The molecule has 1 aromatic carbocycles. The molecular formula is C15H23N3O3. The number of carbonyl (C=O) groups is 2. The molecule has 0 atom stereocenters. The highest BCUT2D eigenvalue weighted by molar-refractivity contribution is 5.90. The Morgan fingerprint density at radius 2 is 2.14 bits per heavy atom. The molecule has 0 bridgehead atoms. The average Bonchev–Trinajstić information content (AvgIpc) is 2.45. The molecular weight excluding hydrogens is 270 g/mol. The number of urea groups is 1. The van der Waals surface area contributed by atoms with Crippen LogP contribution in [0.3, 0.4) is 0 Å². The second-order valence-electron chi connectivity index (χ2n) is 4.61. The Labute approximate surface area is 125 Å². The summed E-state index contributed by atoms with van der Waals surface area (Å²) in [4.78, 5) is 24.6. The van der Waals surface area contributed by atoms with Gasteiger partial charge in [0, 0.05) is 19.6 Å². The fraction of sp³-hybridized carbons (Fsp3) is 0.467. The van der Waals surface area contributed by atoms with Crippen molar-refractivity contribution in [1.82, 2.24) is 10.2 Å². The van der Waals surface area contributed by atoms with Gasteiger partial charge in [-0.1, -0.05) is 29.8 Å². The fourth-order valence-corrected chi connectivity index (χ4v) is 1.88. The van der Waals surface area contributed by atoms with Crippen molar-refractivity contribution in [1.29, 1.82) is 0 Å². The van der Waals surface area contributed by atoms with E-state index in [1.54, 1.807) is 6.92 Å². The molecule has 6 heteroatoms. The summed E-state index contributed by atoms with van der Waals surface area (Å²) in [6, 6.07) is 7.58. The molecule has 0 heterocycles. The molecule has 116 valence electrons. The molecule has 3 N–H and O–H groups in total. The molecule has 0 aliphatic carbocycles. The smallest absolute Gasteiger partial charge is 0.418 e. The molecule has 0 saturated heterocycles. The van der Waals surface area contributed by atoms with Crippen LogP contribution in [-0.2, 0) is 11.2 Å². The Kier molecular flexibility index (Phi) is 7.25. The fourth-order valence-electron chi connectivity index (χ4n) is 1.88. The number of hydrogen-bond acceptors (Lipinski definition) is 4. The van der Waals surface area contributed by atoms with Gasteiger partial charge in [-0.3, -0.25) is 0 Å². The van der Waals surface area contributed by atoms with E-state index in [0.29, 0.717) is 13.0 Å². The van der Waals surface area contributed by atoms with Gasteiger partial charge in [-0.2, -0.15) is 0 Å². The van der Waals surface area contributed by atoms with Crippen LogP contribution in [0.1, 0.15) is 18.1 Å². The molecule has 0 fully saturated rings. The van der Waals surface area contributed by atoms with Crippen LogP contribution in [0.15, 0.2) is 24.3 Å². The summed E-state index contributed by atoms with van der Waals surface area (Å²) in [5.74, 6) is 0. The number of carbonyl (C=O) groups excluding carboxylic acids is 2. The zero-order valence-corrected chi connectivity index (χ0v) is 12.6. The van der Waals surface area contributed by atoms with Crippen LogP contribution in [0, 0.1) is 6.92 Å². The zero-order valence-electron chi connectivity index (χ0n) is 12.6. The summed E-state index contributed by atoms with van der Waals surface area (Å²) in [5, 5.41) is 2.71. The van der Waals surface area contributed by atoms with Crippen molar-refractivity contribution in [2.45, 2.75) is 20.3 Å². The van der Waals surface area contributed by atoms with Crippen LogP contribution >= 0.6 is 0 Å². The van der Waals surface area contributed by atoms with E-state index in [1.165, 1.54) is 5.56 Å². The maximum atomic E-state index is 12.0. The molecule has 0 aliphatic rings. The summed E-state index contributed by atoms with van der Waals surface area (Å²) < 4.78 is 4.83. The van der Waals surface area contributed by atoms with Crippen molar-refractivity contribution in [3.63, 3.8) is 0 Å². The van der Waals surface area contributed by atoms with Crippen LogP contribution in [0.2, 0.25) is 0 Å². The molecule has 0 aromatic heterocycles. The lowest BCUT2D eigenvalue weighted by molar-refractivity contribution is 0.115. The van der Waals surface area contributed by atoms with Gasteiger partial charge in [0.15, 0.2) is 0 Å². The van der Waals surface area contributed by atoms with Crippen LogP contribution in [0.4, 0.5) is 9.59 Å². The van der Waals surface area contributed by atoms with Crippen molar-refractivity contribution in [2.24, 2.45) is 5.73 Å². The molecule has 0 saturated carbocycles. The Morgan fingerprint density at radius 3 is 2.76 bits per heavy atom. The third kappa shape index (κ3) is 5.83. The van der Waals surface area contributed by atoms with E-state index in [0.717, 1.165) is 10.5 Å². The van der Waals surface area contributed by atoms with Crippen LogP contribution in [0.5, 0.6) is 0 Å². The Balaban J connectivity index is 2.48. The van der Waals surface area contributed by atoms with E-state index < -0.39 is 12.1 Å². The van der Waals surface area contributed by atoms with Gasteiger partial charge in [0.2, 0.25) is 0 Å². The lowest BCUT2D eigenvalue weighted by Gasteiger charge is -2.19. The number of imide groups is 1. The number of nitrogens with one attached hydrogen (secondary N) is 1. The predicted octanol–water partition coefficient (Wildman–Crippen LogP) is 1.66. The number of ether oxygens (including phenoxy) is 1. The van der Waals surface area contributed by atoms with Gasteiger partial charge in [0.25, 0.3) is 0 Å². The SMILES string of the molecule is CCOC(=O)N(CCN)C(=O)NCCc1cccc(C)c1. The minimum Gasteiger partial charge on any atom is -0.449 e. The summed E-state index contributed by atoms with van der Waals surface area (Å²) >= 11 is 0. The zero-order chi connectivity index (χ0) is 15.7. The maximum Gasteiger partial charge on any atom is 0.418 e. The van der Waals surface area contributed by atoms with Crippen LogP contribution < -0.4 is 11.1 Å². The lowest BCUT2D eigenvalue weighted by atomic mass is 10.1. The van der Waals surface area contributed by atoms with Crippen molar-refractivity contribution in [2.75, 3.05) is 26.2 Å². The molecule has 21 heavy (non-hydrogen) atoms. The number of nitrogens with two attached hydrogens (primary N) is 1. The lowest BCUT2D eigenvalue weighted by Crippen LogP contribution is -2.46. The monoisotopic (exact) mass is 293 g/mol. The second-order valence-corrected chi connectivity index (χ2v) is 4.61. The first-order valence-electron chi connectivity index (χ1n) is 7.06. The third-order valence-corrected chi connectivity index (χ3v) is 2.86. The number of benzene rings is 1. The highest BCUT2D eigenvalue weighted by Crippen LogP contribution is 2.04. The normalized spacial score (nSPS) is 10.0. The minimum absolute atomic E-state index is 0.134. The quantitative estimate of drug-likeness (QED) is 0.835. The Hall–Kier alpha value is -2.08. The van der Waals surface area contributed by atoms with Gasteiger partial charge >= 0.3 is 12.1 Å². The van der Waals surface area contributed by atoms with Gasteiger partial charge in [-0.15, -0.1) is 0 Å². The average molecular weight is 293 g/mol. The maximum absolute atomic E-state index is 12.0. The first-order chi connectivity index (χ1) is 10.1. The molecule has 6 nitrogen and oxygen atoms in total. The number of nitrogens with zero attached hydrogens (tertiary/aromatic N) is 1. The molecule has 1 aromatic rings. The first-order valence-corrected chi connectivity index (χ1v) is 7.06. The summed E-state index contributed by atoms with van der Waals surface area (Å²) in [7, 11) is 0. The first kappa shape index (κ1) is 17.0. The van der Waals surface area contributed by atoms with Crippen LogP contribution in [-0.4, -0.2) is 43.3 Å². The highest BCUT2D eigenvalue weighted by Gasteiger charge is 2.21. The van der Waals surface area contributed by atoms with Gasteiger partial charge in [0.1, 0.15) is 0 Å². The number of hydrogen-bond donors (Lipinski definition) is 2. The van der Waals surface area contributed by atoms with Gasteiger partial charge in [-0.25, -0.2) is 14.5 Å². The standard InChI is InChI=1S/C15H23N3O3/c1-3-21-15(20)18(10-8-16)14(19)17-9-7-13-6-4-5-12(2)11-13/h4-6,11H,3,7-10,16H2,1-2H3,(H,17,19). The molecule has 3 amide bonds. The van der Waals surface area contributed by atoms with Gasteiger partial charge in [-0.05, 0) is 25.8 Å². The second kappa shape index (κ2) is 8.97. The van der Waals surface area contributed by atoms with Crippen LogP contribution in [0.25, 0.3) is 0 Å². The molecule has 0 unspecified atom stereocenters. The van der Waals surface area contributed by atoms with Gasteiger partial charge in [0.05, 0.1) is 6.61 Å². The van der Waals surface area contributed by atoms with Crippen molar-refractivity contribution >= 4 is 12.1 Å². The molecule has 0 aliphatic heterocycles. The predicted molar refractivity (Wildman–Crippen MR) is 81.1 cm³/mol. The number of aryl methyl sites for hydroxylation is 1. The van der Waals surface area contributed by atoms with Crippen molar-refractivity contribution in [3.05, 3.63) is 35.4 Å². The molecule has 0 radical (unpaired) electrons. The third-order valence-electron chi connectivity index (χ3n) is 2.86. The largest absolute Gasteiger partial charge is 0.449 e. The number of rotatable bonds is 6. The van der Waals surface area contributed by atoms with Crippen molar-refractivity contribution in [3.8, 4) is 0 Å². The van der Waals surface area contributed by atoms with E-state index in [2.05, 4.69) is 11.4 Å². The van der Waals surface area contributed by atoms with E-state index in [4.69, 9.17) is 10.5 Å². The Morgan fingerprint density at radius 1 is 1.38 bits per heavy atom. The van der Waals surface area contributed by atoms with E-state index in [1.807, 2.05) is 25.1 Å². The van der Waals surface area contributed by atoms with E-state index >= 15 is 0 Å². The van der Waals surface area contributed by atoms with Crippen molar-refractivity contribution < 1.29 is 14.3 Å². The minimum atomic E-state index is -0.670. The summed E-state index contributed by atoms with van der Waals surface area (Å²) in [6.07, 6.45) is 0.0307. The Bertz CT molecular complexity index is 477. The topological polar surface area (TPSA) is 84.7 Å². The number of amides is 3. The molecule has 1 rings (SSSR count). The summed E-state index contributed by atoms with van der Waals surface area (Å²) in [6.45, 7) is 4.71. The summed E-state index contributed by atoms with van der Waals surface area (Å²) in [5.41, 5.74) is 7.72.